The van der Waals surface area contributed by atoms with Crippen LogP contribution in [0.2, 0.25) is 0 Å². The summed E-state index contributed by atoms with van der Waals surface area (Å²) in [4.78, 5) is 16.1. The van der Waals surface area contributed by atoms with Crippen LogP contribution in [-0.4, -0.2) is 21.1 Å². The normalized spacial score (nSPS) is 14.4. The van der Waals surface area contributed by atoms with Gasteiger partial charge in [0.05, 0.1) is 11.4 Å². The van der Waals surface area contributed by atoms with Crippen LogP contribution in [0.3, 0.4) is 0 Å². The zero-order chi connectivity index (χ0) is 13.4. The highest BCUT2D eigenvalue weighted by Crippen LogP contribution is 2.42. The van der Waals surface area contributed by atoms with Crippen LogP contribution in [-0.2, 0) is 0 Å². The Kier molecular flexibility index (Phi) is 2.70. The number of aromatic nitrogens is 3. The van der Waals surface area contributed by atoms with Crippen molar-refractivity contribution >= 4 is 17.3 Å². The molecule has 4 N–H and O–H groups in total. The highest BCUT2D eigenvalue weighted by molar-refractivity contribution is 6.06. The van der Waals surface area contributed by atoms with Crippen molar-refractivity contribution in [3.63, 3.8) is 0 Å². The number of nitrogens with one attached hydrogen (secondary N) is 2. The zero-order valence-electron chi connectivity index (χ0n) is 10.6. The maximum Gasteiger partial charge on any atom is 0.278 e. The smallest absolute Gasteiger partial charge is 0.278 e. The number of carbonyl (C=O) groups is 1. The average Bonchev–Trinajstić information content (AvgIpc) is 3.15. The number of nitrogen functional groups attached to an aromatic ring is 1. The number of aryl methyl sites for hydroxylation is 1. The fraction of sp³-hybridized carbons (Fsp3) is 0.308. The molecule has 98 valence electrons. The van der Waals surface area contributed by atoms with Crippen molar-refractivity contribution in [2.24, 2.45) is 0 Å². The van der Waals surface area contributed by atoms with Gasteiger partial charge in [0.1, 0.15) is 0 Å². The number of rotatable bonds is 3. The van der Waals surface area contributed by atoms with Crippen molar-refractivity contribution in [2.75, 3.05) is 11.1 Å². The lowest BCUT2D eigenvalue weighted by atomic mass is 10.2. The van der Waals surface area contributed by atoms with Crippen LogP contribution < -0.4 is 11.1 Å². The summed E-state index contributed by atoms with van der Waals surface area (Å²) in [6.45, 7) is 1.88. The summed E-state index contributed by atoms with van der Waals surface area (Å²) in [5.41, 5.74) is 9.20. The Labute approximate surface area is 110 Å². The zero-order valence-corrected chi connectivity index (χ0v) is 10.6. The van der Waals surface area contributed by atoms with E-state index in [4.69, 9.17) is 5.73 Å². The van der Waals surface area contributed by atoms with E-state index < -0.39 is 0 Å². The van der Waals surface area contributed by atoms with E-state index >= 15 is 0 Å². The van der Waals surface area contributed by atoms with Crippen molar-refractivity contribution in [1.29, 1.82) is 0 Å². The van der Waals surface area contributed by atoms with E-state index in [0.717, 1.165) is 29.8 Å². The molecule has 0 aliphatic heterocycles. The molecular formula is C13H15N5O. The molecule has 1 fully saturated rings. The van der Waals surface area contributed by atoms with Gasteiger partial charge in [-0.15, -0.1) is 0 Å². The fourth-order valence-corrected chi connectivity index (χ4v) is 2.02. The summed E-state index contributed by atoms with van der Waals surface area (Å²) >= 11 is 0. The molecule has 2 aromatic heterocycles. The predicted octanol–water partition coefficient (Wildman–Crippen LogP) is 1.83. The van der Waals surface area contributed by atoms with E-state index in [1.165, 1.54) is 0 Å². The Balaban J connectivity index is 1.82. The number of nitrogens with zero attached hydrogens (tertiary/aromatic N) is 2. The van der Waals surface area contributed by atoms with Crippen molar-refractivity contribution in [3.8, 4) is 0 Å². The largest absolute Gasteiger partial charge is 0.395 e. The third-order valence-corrected chi connectivity index (χ3v) is 3.30. The summed E-state index contributed by atoms with van der Waals surface area (Å²) in [5.74, 6) is 0.145. The van der Waals surface area contributed by atoms with Crippen LogP contribution >= 0.6 is 0 Å². The van der Waals surface area contributed by atoms with Crippen LogP contribution in [0.15, 0.2) is 18.5 Å². The minimum absolute atomic E-state index is 0.262. The lowest BCUT2D eigenvalue weighted by molar-refractivity contribution is 0.102. The first-order chi connectivity index (χ1) is 9.16. The second-order valence-corrected chi connectivity index (χ2v) is 4.82. The molecule has 3 rings (SSSR count). The minimum Gasteiger partial charge on any atom is -0.395 e. The van der Waals surface area contributed by atoms with Crippen LogP contribution in [0.4, 0.5) is 11.4 Å². The van der Waals surface area contributed by atoms with Crippen molar-refractivity contribution in [2.45, 2.75) is 25.7 Å². The molecule has 2 heterocycles. The van der Waals surface area contributed by atoms with Crippen LogP contribution in [0, 0.1) is 6.92 Å². The molecule has 0 bridgehead atoms. The Morgan fingerprint density at radius 2 is 2.32 bits per heavy atom. The Morgan fingerprint density at radius 1 is 1.53 bits per heavy atom. The van der Waals surface area contributed by atoms with E-state index in [0.29, 0.717) is 11.6 Å². The third-order valence-electron chi connectivity index (χ3n) is 3.30. The number of carbonyl (C=O) groups excluding carboxylic acids is 1. The van der Waals surface area contributed by atoms with Gasteiger partial charge in [0.15, 0.2) is 5.69 Å². The standard InChI is InChI=1S/C13H15N5O/c1-7-6-15-5-4-9(7)16-13(19)12-10(14)11(17-18-12)8-2-3-8/h4-6,8H,2-3,14H2,1H3,(H,17,18)(H,15,16,19). The highest BCUT2D eigenvalue weighted by Gasteiger charge is 2.30. The van der Waals surface area contributed by atoms with Crippen molar-refractivity contribution in [3.05, 3.63) is 35.4 Å². The van der Waals surface area contributed by atoms with Gasteiger partial charge in [-0.3, -0.25) is 14.9 Å². The number of aromatic amines is 1. The van der Waals surface area contributed by atoms with Gasteiger partial charge < -0.3 is 11.1 Å². The van der Waals surface area contributed by atoms with Crippen molar-refractivity contribution < 1.29 is 4.79 Å². The number of hydrogen-bond donors (Lipinski definition) is 3. The number of amides is 1. The molecular weight excluding hydrogens is 242 g/mol. The molecule has 1 aliphatic rings. The van der Waals surface area contributed by atoms with Gasteiger partial charge in [-0.2, -0.15) is 5.10 Å². The number of hydrogen-bond acceptors (Lipinski definition) is 4. The number of pyridine rings is 1. The molecule has 0 saturated heterocycles. The molecule has 0 spiro atoms. The van der Waals surface area contributed by atoms with Gasteiger partial charge in [0.2, 0.25) is 0 Å². The molecule has 1 amide bonds. The lowest BCUT2D eigenvalue weighted by Crippen LogP contribution is -2.15. The summed E-state index contributed by atoms with van der Waals surface area (Å²) in [6, 6.07) is 1.75. The third kappa shape index (κ3) is 2.16. The van der Waals surface area contributed by atoms with E-state index in [1.54, 1.807) is 18.5 Å². The second kappa shape index (κ2) is 4.38. The van der Waals surface area contributed by atoms with Gasteiger partial charge in [0.25, 0.3) is 5.91 Å². The van der Waals surface area contributed by atoms with E-state index in [1.807, 2.05) is 6.92 Å². The maximum atomic E-state index is 12.1. The van der Waals surface area contributed by atoms with Crippen LogP contribution in [0.25, 0.3) is 0 Å². The molecule has 6 nitrogen and oxygen atoms in total. The van der Waals surface area contributed by atoms with Crippen LogP contribution in [0.1, 0.15) is 40.5 Å². The number of H-pyrrole nitrogens is 1. The Morgan fingerprint density at radius 3 is 3.00 bits per heavy atom. The maximum absolute atomic E-state index is 12.1. The number of anilines is 2. The van der Waals surface area contributed by atoms with Crippen LogP contribution in [0.5, 0.6) is 0 Å². The first-order valence-corrected chi connectivity index (χ1v) is 6.22. The summed E-state index contributed by atoms with van der Waals surface area (Å²) in [7, 11) is 0. The molecule has 0 unspecified atom stereocenters. The minimum atomic E-state index is -0.296. The summed E-state index contributed by atoms with van der Waals surface area (Å²) < 4.78 is 0. The molecule has 1 saturated carbocycles. The van der Waals surface area contributed by atoms with E-state index in [-0.39, 0.29) is 11.6 Å². The fourth-order valence-electron chi connectivity index (χ4n) is 2.02. The highest BCUT2D eigenvalue weighted by atomic mass is 16.2. The Hall–Kier alpha value is -2.37. The average molecular weight is 257 g/mol. The summed E-state index contributed by atoms with van der Waals surface area (Å²) in [6.07, 6.45) is 5.54. The van der Waals surface area contributed by atoms with Gasteiger partial charge in [-0.05, 0) is 31.4 Å². The molecule has 6 heteroatoms. The molecule has 0 radical (unpaired) electrons. The van der Waals surface area contributed by atoms with E-state index in [9.17, 15) is 4.79 Å². The quantitative estimate of drug-likeness (QED) is 0.781. The van der Waals surface area contributed by atoms with Gasteiger partial charge in [-0.25, -0.2) is 0 Å². The molecule has 0 atom stereocenters. The first-order valence-electron chi connectivity index (χ1n) is 6.22. The topological polar surface area (TPSA) is 96.7 Å². The molecule has 0 aromatic carbocycles. The number of nitrogens with two attached hydrogens (primary N) is 1. The lowest BCUT2D eigenvalue weighted by Gasteiger charge is -2.06. The van der Waals surface area contributed by atoms with Gasteiger partial charge in [0, 0.05) is 24.0 Å². The SMILES string of the molecule is Cc1cnccc1NC(=O)c1n[nH]c(C2CC2)c1N. The predicted molar refractivity (Wildman–Crippen MR) is 71.9 cm³/mol. The van der Waals surface area contributed by atoms with E-state index in [2.05, 4.69) is 20.5 Å². The first kappa shape index (κ1) is 11.7. The Bertz CT molecular complexity index is 630. The monoisotopic (exact) mass is 257 g/mol. The van der Waals surface area contributed by atoms with Gasteiger partial charge in [-0.1, -0.05) is 0 Å². The molecule has 1 aliphatic carbocycles. The van der Waals surface area contributed by atoms with Gasteiger partial charge >= 0.3 is 0 Å². The molecule has 2 aromatic rings. The second-order valence-electron chi connectivity index (χ2n) is 4.82. The van der Waals surface area contributed by atoms with Crippen molar-refractivity contribution in [1.82, 2.24) is 15.2 Å². The molecule has 19 heavy (non-hydrogen) atoms. The summed E-state index contributed by atoms with van der Waals surface area (Å²) in [5, 5.41) is 9.69.